The maximum Gasteiger partial charge on any atom is 0.441 e. The van der Waals surface area contributed by atoms with Crippen molar-refractivity contribution in [3.63, 3.8) is 0 Å². The van der Waals surface area contributed by atoms with Crippen molar-refractivity contribution in [1.29, 1.82) is 0 Å². The molecule has 8 heteroatoms. The van der Waals surface area contributed by atoms with Crippen LogP contribution in [0.25, 0.3) is 0 Å². The summed E-state index contributed by atoms with van der Waals surface area (Å²) in [4.78, 5) is 10.7. The Balaban J connectivity index is 2.32. The number of aryl methyl sites for hydroxylation is 1. The number of hydrogen-bond donors (Lipinski definition) is 2. The molecule has 0 aliphatic carbocycles. The molecular weight excluding hydrogens is 271 g/mol. The third kappa shape index (κ3) is 5.01. The maximum absolute atomic E-state index is 11.8. The minimum atomic E-state index is -4.22. The van der Waals surface area contributed by atoms with Gasteiger partial charge < -0.3 is 14.8 Å². The molecule has 1 heterocycles. The van der Waals surface area contributed by atoms with Crippen LogP contribution in [0.1, 0.15) is 21.9 Å². The lowest BCUT2D eigenvalue weighted by atomic mass is 10.2. The molecule has 4 nitrogen and oxygen atoms in total. The molecule has 0 radical (unpaired) electrons. The first-order valence-corrected chi connectivity index (χ1v) is 6.02. The Kier molecular flexibility index (Phi) is 5.09. The average Bonchev–Trinajstić information content (AvgIpc) is 2.57. The number of aromatic carboxylic acids is 1. The van der Waals surface area contributed by atoms with Crippen molar-refractivity contribution in [2.24, 2.45) is 0 Å². The molecule has 0 bridgehead atoms. The van der Waals surface area contributed by atoms with Crippen molar-refractivity contribution in [3.05, 3.63) is 23.2 Å². The number of carbonyl (C=O) groups is 1. The maximum atomic E-state index is 11.8. The predicted molar refractivity (Wildman–Crippen MR) is 60.6 cm³/mol. The molecule has 0 amide bonds. The third-order valence-corrected chi connectivity index (χ3v) is 2.74. The molecule has 0 atom stereocenters. The minimum absolute atomic E-state index is 0.102. The summed E-state index contributed by atoms with van der Waals surface area (Å²) in [6.07, 6.45) is 0. The topological polar surface area (TPSA) is 62.5 Å². The van der Waals surface area contributed by atoms with Crippen molar-refractivity contribution in [1.82, 2.24) is 5.32 Å². The normalized spacial score (nSPS) is 11.8. The van der Waals surface area contributed by atoms with Crippen LogP contribution in [0.3, 0.4) is 0 Å². The van der Waals surface area contributed by atoms with Gasteiger partial charge in [0, 0.05) is 17.9 Å². The molecule has 0 aliphatic heterocycles. The van der Waals surface area contributed by atoms with Crippen LogP contribution in [0, 0.1) is 6.92 Å². The van der Waals surface area contributed by atoms with Gasteiger partial charge in [-0.05, 0) is 24.8 Å². The number of furan rings is 1. The molecule has 1 aromatic rings. The van der Waals surface area contributed by atoms with Gasteiger partial charge in [0.05, 0.1) is 6.54 Å². The van der Waals surface area contributed by atoms with Gasteiger partial charge in [-0.1, -0.05) is 0 Å². The van der Waals surface area contributed by atoms with E-state index in [2.05, 4.69) is 5.32 Å². The summed E-state index contributed by atoms with van der Waals surface area (Å²) in [5, 5.41) is 11.5. The number of carboxylic acids is 1. The quantitative estimate of drug-likeness (QED) is 0.786. The molecule has 0 spiro atoms. The fourth-order valence-corrected chi connectivity index (χ4v) is 1.78. The number of carboxylic acid groups (broad SMARTS) is 1. The van der Waals surface area contributed by atoms with Gasteiger partial charge in [-0.2, -0.15) is 13.2 Å². The fourth-order valence-electron chi connectivity index (χ4n) is 1.30. The largest absolute Gasteiger partial charge is 0.475 e. The van der Waals surface area contributed by atoms with Crippen molar-refractivity contribution >= 4 is 17.7 Å². The Morgan fingerprint density at radius 1 is 1.56 bits per heavy atom. The van der Waals surface area contributed by atoms with Crippen LogP contribution in [-0.2, 0) is 6.54 Å². The van der Waals surface area contributed by atoms with E-state index < -0.39 is 11.5 Å². The second-order valence-corrected chi connectivity index (χ2v) is 4.66. The molecular formula is C10H12F3NO3S. The van der Waals surface area contributed by atoms with Gasteiger partial charge in [-0.15, -0.1) is 0 Å². The van der Waals surface area contributed by atoms with Crippen molar-refractivity contribution < 1.29 is 27.5 Å². The van der Waals surface area contributed by atoms with Crippen LogP contribution in [0.2, 0.25) is 0 Å². The number of halogens is 3. The number of alkyl halides is 3. The van der Waals surface area contributed by atoms with E-state index in [1.165, 1.54) is 0 Å². The van der Waals surface area contributed by atoms with Crippen LogP contribution < -0.4 is 5.32 Å². The van der Waals surface area contributed by atoms with Gasteiger partial charge in [-0.3, -0.25) is 0 Å². The number of hydrogen-bond acceptors (Lipinski definition) is 4. The second kappa shape index (κ2) is 6.14. The molecule has 0 saturated heterocycles. The molecule has 0 aromatic carbocycles. The first-order valence-electron chi connectivity index (χ1n) is 5.03. The zero-order valence-corrected chi connectivity index (χ0v) is 10.3. The molecule has 18 heavy (non-hydrogen) atoms. The molecule has 0 saturated carbocycles. The Hall–Kier alpha value is -1.15. The molecule has 1 aromatic heterocycles. The van der Waals surface area contributed by atoms with E-state index >= 15 is 0 Å². The molecule has 102 valence electrons. The summed E-state index contributed by atoms with van der Waals surface area (Å²) in [7, 11) is 0. The third-order valence-electron chi connectivity index (χ3n) is 2.01. The highest BCUT2D eigenvalue weighted by Crippen LogP contribution is 2.29. The highest BCUT2D eigenvalue weighted by Gasteiger charge is 2.27. The Bertz CT molecular complexity index is 417. The highest BCUT2D eigenvalue weighted by atomic mass is 32.2. The first kappa shape index (κ1) is 14.9. The Morgan fingerprint density at radius 2 is 2.22 bits per heavy atom. The smallest absolute Gasteiger partial charge is 0.441 e. The number of rotatable bonds is 6. The van der Waals surface area contributed by atoms with Crippen molar-refractivity contribution in [2.75, 3.05) is 12.3 Å². The van der Waals surface area contributed by atoms with E-state index in [1.807, 2.05) is 0 Å². The van der Waals surface area contributed by atoms with Gasteiger partial charge in [0.15, 0.2) is 0 Å². The van der Waals surface area contributed by atoms with E-state index in [4.69, 9.17) is 9.52 Å². The van der Waals surface area contributed by atoms with Crippen LogP contribution in [0.15, 0.2) is 10.5 Å². The molecule has 0 aliphatic rings. The average molecular weight is 283 g/mol. The molecule has 2 N–H and O–H groups in total. The summed E-state index contributed by atoms with van der Waals surface area (Å²) in [5.41, 5.74) is -3.73. The summed E-state index contributed by atoms with van der Waals surface area (Å²) >= 11 is -0.105. The molecule has 1 rings (SSSR count). The first-order chi connectivity index (χ1) is 8.29. The van der Waals surface area contributed by atoms with Gasteiger partial charge >= 0.3 is 11.5 Å². The molecule has 0 fully saturated rings. The van der Waals surface area contributed by atoms with E-state index in [0.717, 1.165) is 0 Å². The summed E-state index contributed by atoms with van der Waals surface area (Å²) < 4.78 is 40.4. The van der Waals surface area contributed by atoms with E-state index in [0.29, 0.717) is 11.3 Å². The van der Waals surface area contributed by atoms with Gasteiger partial charge in [0.2, 0.25) is 5.76 Å². The lowest BCUT2D eigenvalue weighted by Gasteiger charge is -2.05. The van der Waals surface area contributed by atoms with Gasteiger partial charge in [-0.25, -0.2) is 4.79 Å². The Labute approximate surface area is 106 Å². The fraction of sp³-hybridized carbons (Fsp3) is 0.500. The number of nitrogens with one attached hydrogen (secondary N) is 1. The second-order valence-electron chi connectivity index (χ2n) is 3.50. The lowest BCUT2D eigenvalue weighted by Crippen LogP contribution is -2.18. The van der Waals surface area contributed by atoms with E-state index in [9.17, 15) is 18.0 Å². The standard InChI is InChI=1S/C10H12F3NO3S/c1-6-4-7(17-8(6)9(15)16)5-14-2-3-18-10(11,12)13/h4,14H,2-3,5H2,1H3,(H,15,16). The zero-order chi connectivity index (χ0) is 13.8. The monoisotopic (exact) mass is 283 g/mol. The van der Waals surface area contributed by atoms with Crippen LogP contribution in [-0.4, -0.2) is 28.9 Å². The summed E-state index contributed by atoms with van der Waals surface area (Å²) in [6.45, 7) is 1.95. The van der Waals surface area contributed by atoms with Crippen LogP contribution in [0.5, 0.6) is 0 Å². The number of thioether (sulfide) groups is 1. The van der Waals surface area contributed by atoms with E-state index in [-0.39, 0.29) is 36.4 Å². The predicted octanol–water partition coefficient (Wildman–Crippen LogP) is 2.63. The summed E-state index contributed by atoms with van der Waals surface area (Å²) in [6, 6.07) is 1.55. The van der Waals surface area contributed by atoms with Crippen molar-refractivity contribution in [2.45, 2.75) is 19.0 Å². The van der Waals surface area contributed by atoms with Crippen LogP contribution >= 0.6 is 11.8 Å². The zero-order valence-electron chi connectivity index (χ0n) is 9.50. The van der Waals surface area contributed by atoms with Crippen molar-refractivity contribution in [3.8, 4) is 0 Å². The minimum Gasteiger partial charge on any atom is -0.475 e. The SMILES string of the molecule is Cc1cc(CNCCSC(F)(F)F)oc1C(=O)O. The lowest BCUT2D eigenvalue weighted by molar-refractivity contribution is -0.0327. The van der Waals surface area contributed by atoms with E-state index in [1.54, 1.807) is 13.0 Å². The summed E-state index contributed by atoms with van der Waals surface area (Å²) in [5.74, 6) is -1.01. The highest BCUT2D eigenvalue weighted by molar-refractivity contribution is 8.00. The Morgan fingerprint density at radius 3 is 2.72 bits per heavy atom. The molecule has 0 unspecified atom stereocenters. The van der Waals surface area contributed by atoms with Gasteiger partial charge in [0.1, 0.15) is 5.76 Å². The van der Waals surface area contributed by atoms with Crippen LogP contribution in [0.4, 0.5) is 13.2 Å². The van der Waals surface area contributed by atoms with Gasteiger partial charge in [0.25, 0.3) is 0 Å².